The number of hydrogen-bond donors (Lipinski definition) is 1. The number of rotatable bonds is 4. The minimum Gasteiger partial charge on any atom is -0.393 e. The van der Waals surface area contributed by atoms with E-state index >= 15 is 0 Å². The van der Waals surface area contributed by atoms with Gasteiger partial charge in [0.05, 0.1) is 6.10 Å². The van der Waals surface area contributed by atoms with Gasteiger partial charge in [-0.25, -0.2) is 9.97 Å². The van der Waals surface area contributed by atoms with Crippen molar-refractivity contribution < 1.29 is 5.11 Å². The van der Waals surface area contributed by atoms with Crippen molar-refractivity contribution in [3.63, 3.8) is 0 Å². The van der Waals surface area contributed by atoms with Crippen LogP contribution in [-0.4, -0.2) is 34.8 Å². The van der Waals surface area contributed by atoms with Crippen LogP contribution in [-0.2, 0) is 0 Å². The first kappa shape index (κ1) is 12.2. The molecule has 0 aliphatic carbocycles. The summed E-state index contributed by atoms with van der Waals surface area (Å²) in [5.41, 5.74) is 0. The Hall–Kier alpha value is -0.870. The number of nitrogens with zero attached hydrogens (tertiary/aromatic N) is 3. The molecule has 84 valence electrons. The maximum Gasteiger partial charge on any atom is 0.134 e. The molecule has 0 saturated heterocycles. The van der Waals surface area contributed by atoms with Gasteiger partial charge in [0, 0.05) is 19.7 Å². The van der Waals surface area contributed by atoms with Gasteiger partial charge in [-0.1, -0.05) is 11.6 Å². The fourth-order valence-corrected chi connectivity index (χ4v) is 1.43. The van der Waals surface area contributed by atoms with Crippen molar-refractivity contribution in [2.75, 3.05) is 18.5 Å². The Morgan fingerprint density at radius 1 is 1.53 bits per heavy atom. The van der Waals surface area contributed by atoms with E-state index in [-0.39, 0.29) is 6.10 Å². The van der Waals surface area contributed by atoms with Crippen LogP contribution in [0.3, 0.4) is 0 Å². The first-order chi connectivity index (χ1) is 6.99. The maximum atomic E-state index is 9.17. The summed E-state index contributed by atoms with van der Waals surface area (Å²) in [5.74, 6) is 1.44. The number of aliphatic hydroxyl groups is 1. The van der Waals surface area contributed by atoms with Crippen molar-refractivity contribution in [1.82, 2.24) is 9.97 Å². The summed E-state index contributed by atoms with van der Waals surface area (Å²) >= 11 is 5.83. The van der Waals surface area contributed by atoms with E-state index in [0.717, 1.165) is 12.4 Å². The van der Waals surface area contributed by atoms with Crippen LogP contribution in [0.4, 0.5) is 5.82 Å². The van der Waals surface area contributed by atoms with Crippen LogP contribution in [0.25, 0.3) is 0 Å². The standard InChI is InChI=1S/C10H16ClN3O/c1-7(15)4-5-14(3)10-6-9(11)12-8(2)13-10/h6-7,15H,4-5H2,1-3H3/t7-/m0/s1. The van der Waals surface area contributed by atoms with Gasteiger partial charge in [-0.3, -0.25) is 0 Å². The van der Waals surface area contributed by atoms with Gasteiger partial charge in [-0.15, -0.1) is 0 Å². The summed E-state index contributed by atoms with van der Waals surface area (Å²) < 4.78 is 0. The molecule has 1 rings (SSSR count). The minimum absolute atomic E-state index is 0.300. The van der Waals surface area contributed by atoms with Gasteiger partial charge >= 0.3 is 0 Å². The molecule has 0 amide bonds. The average molecular weight is 230 g/mol. The third-order valence-corrected chi connectivity index (χ3v) is 2.26. The highest BCUT2D eigenvalue weighted by Crippen LogP contribution is 2.14. The van der Waals surface area contributed by atoms with E-state index in [1.807, 2.05) is 11.9 Å². The van der Waals surface area contributed by atoms with Crippen molar-refractivity contribution in [1.29, 1.82) is 0 Å². The van der Waals surface area contributed by atoms with Crippen LogP contribution in [0.2, 0.25) is 5.15 Å². The molecule has 0 bridgehead atoms. The lowest BCUT2D eigenvalue weighted by Crippen LogP contribution is -2.23. The monoisotopic (exact) mass is 229 g/mol. The number of halogens is 1. The van der Waals surface area contributed by atoms with Gasteiger partial charge in [-0.2, -0.15) is 0 Å². The molecule has 1 heterocycles. The molecule has 4 nitrogen and oxygen atoms in total. The molecule has 0 aliphatic heterocycles. The molecule has 0 radical (unpaired) electrons. The second kappa shape index (κ2) is 5.28. The summed E-state index contributed by atoms with van der Waals surface area (Å²) in [6, 6.07) is 1.72. The number of aryl methyl sites for hydroxylation is 1. The molecule has 1 aromatic heterocycles. The second-order valence-corrected chi connectivity index (χ2v) is 4.04. The van der Waals surface area contributed by atoms with Crippen molar-refractivity contribution in [3.05, 3.63) is 17.0 Å². The molecule has 1 aromatic rings. The zero-order valence-corrected chi connectivity index (χ0v) is 9.99. The smallest absolute Gasteiger partial charge is 0.134 e. The Balaban J connectivity index is 2.68. The second-order valence-electron chi connectivity index (χ2n) is 3.66. The van der Waals surface area contributed by atoms with E-state index < -0.39 is 0 Å². The normalized spacial score (nSPS) is 12.6. The molecule has 0 fully saturated rings. The third-order valence-electron chi connectivity index (χ3n) is 2.07. The van der Waals surface area contributed by atoms with Crippen LogP contribution in [0.15, 0.2) is 6.07 Å². The highest BCUT2D eigenvalue weighted by molar-refractivity contribution is 6.29. The Kier molecular flexibility index (Phi) is 4.29. The molecular formula is C10H16ClN3O. The highest BCUT2D eigenvalue weighted by Gasteiger charge is 2.06. The third kappa shape index (κ3) is 4.01. The first-order valence-electron chi connectivity index (χ1n) is 4.89. The average Bonchev–Trinajstić information content (AvgIpc) is 2.12. The molecule has 1 N–H and O–H groups in total. The molecule has 5 heteroatoms. The summed E-state index contributed by atoms with van der Waals surface area (Å²) in [7, 11) is 1.92. The fraction of sp³-hybridized carbons (Fsp3) is 0.600. The van der Waals surface area contributed by atoms with Crippen LogP contribution in [0.5, 0.6) is 0 Å². The van der Waals surface area contributed by atoms with E-state index in [1.54, 1.807) is 19.9 Å². The lowest BCUT2D eigenvalue weighted by molar-refractivity contribution is 0.187. The van der Waals surface area contributed by atoms with Crippen LogP contribution in [0.1, 0.15) is 19.2 Å². The number of anilines is 1. The van der Waals surface area contributed by atoms with Crippen molar-refractivity contribution in [2.24, 2.45) is 0 Å². The van der Waals surface area contributed by atoms with Gasteiger partial charge in [0.25, 0.3) is 0 Å². The number of aliphatic hydroxyl groups excluding tert-OH is 1. The lowest BCUT2D eigenvalue weighted by Gasteiger charge is -2.19. The predicted molar refractivity (Wildman–Crippen MR) is 61.3 cm³/mol. The van der Waals surface area contributed by atoms with Gasteiger partial charge in [-0.05, 0) is 20.3 Å². The van der Waals surface area contributed by atoms with E-state index in [2.05, 4.69) is 9.97 Å². The molecule has 0 saturated carbocycles. The molecule has 15 heavy (non-hydrogen) atoms. The lowest BCUT2D eigenvalue weighted by atomic mass is 10.3. The van der Waals surface area contributed by atoms with Crippen molar-refractivity contribution in [3.8, 4) is 0 Å². The molecule has 0 spiro atoms. The highest BCUT2D eigenvalue weighted by atomic mass is 35.5. The van der Waals surface area contributed by atoms with Crippen molar-refractivity contribution in [2.45, 2.75) is 26.4 Å². The fourth-order valence-electron chi connectivity index (χ4n) is 1.21. The van der Waals surface area contributed by atoms with Gasteiger partial charge in [0.15, 0.2) is 0 Å². The Labute approximate surface area is 94.9 Å². The zero-order chi connectivity index (χ0) is 11.4. The minimum atomic E-state index is -0.300. The summed E-state index contributed by atoms with van der Waals surface area (Å²) in [6.45, 7) is 4.31. The van der Waals surface area contributed by atoms with Crippen LogP contribution < -0.4 is 4.90 Å². The van der Waals surface area contributed by atoms with Crippen molar-refractivity contribution >= 4 is 17.4 Å². The van der Waals surface area contributed by atoms with E-state index in [4.69, 9.17) is 11.6 Å². The van der Waals surface area contributed by atoms with E-state index in [9.17, 15) is 5.11 Å². The zero-order valence-electron chi connectivity index (χ0n) is 9.24. The number of aromatic nitrogens is 2. The topological polar surface area (TPSA) is 49.2 Å². The Morgan fingerprint density at radius 3 is 2.73 bits per heavy atom. The largest absolute Gasteiger partial charge is 0.393 e. The summed E-state index contributed by atoms with van der Waals surface area (Å²) in [4.78, 5) is 10.2. The summed E-state index contributed by atoms with van der Waals surface area (Å²) in [6.07, 6.45) is 0.405. The van der Waals surface area contributed by atoms with Crippen LogP contribution >= 0.6 is 11.6 Å². The van der Waals surface area contributed by atoms with Gasteiger partial charge in [0.1, 0.15) is 16.8 Å². The predicted octanol–water partition coefficient (Wildman–Crippen LogP) is 1.65. The Bertz CT molecular complexity index is 310. The first-order valence-corrected chi connectivity index (χ1v) is 5.27. The maximum absolute atomic E-state index is 9.17. The quantitative estimate of drug-likeness (QED) is 0.798. The SMILES string of the molecule is Cc1nc(Cl)cc(N(C)CC[C@H](C)O)n1. The molecule has 1 atom stereocenters. The molecular weight excluding hydrogens is 214 g/mol. The summed E-state index contributed by atoms with van der Waals surface area (Å²) in [5, 5.41) is 9.62. The molecule has 0 aromatic carbocycles. The molecule has 0 unspecified atom stereocenters. The number of hydrogen-bond acceptors (Lipinski definition) is 4. The van der Waals surface area contributed by atoms with Gasteiger partial charge < -0.3 is 10.0 Å². The van der Waals surface area contributed by atoms with Crippen LogP contribution in [0, 0.1) is 6.92 Å². The van der Waals surface area contributed by atoms with Gasteiger partial charge in [0.2, 0.25) is 0 Å². The van der Waals surface area contributed by atoms with E-state index in [0.29, 0.717) is 17.4 Å². The molecule has 0 aliphatic rings. The van der Waals surface area contributed by atoms with E-state index in [1.165, 1.54) is 0 Å². The Morgan fingerprint density at radius 2 is 2.20 bits per heavy atom.